The van der Waals surface area contributed by atoms with Crippen molar-refractivity contribution in [1.82, 2.24) is 9.97 Å². The monoisotopic (exact) mass is 384 g/mol. The lowest BCUT2D eigenvalue weighted by Gasteiger charge is -2.15. The van der Waals surface area contributed by atoms with Gasteiger partial charge in [-0.3, -0.25) is 9.78 Å². The van der Waals surface area contributed by atoms with Gasteiger partial charge in [0.25, 0.3) is 5.56 Å². The zero-order valence-electron chi connectivity index (χ0n) is 15.0. The van der Waals surface area contributed by atoms with Crippen molar-refractivity contribution in [2.75, 3.05) is 6.61 Å². The van der Waals surface area contributed by atoms with Crippen LogP contribution in [0.1, 0.15) is 10.4 Å². The molecule has 0 unspecified atom stereocenters. The van der Waals surface area contributed by atoms with E-state index in [4.69, 9.17) is 4.74 Å². The molecule has 1 aromatic carbocycles. The van der Waals surface area contributed by atoms with Crippen molar-refractivity contribution >= 4 is 35.5 Å². The molecule has 134 valence electrons. The Balaban J connectivity index is 1.85. The van der Waals surface area contributed by atoms with Crippen LogP contribution in [0.5, 0.6) is 0 Å². The first kappa shape index (κ1) is 18.4. The largest absolute Gasteiger partial charge is 0.462 e. The van der Waals surface area contributed by atoms with Crippen molar-refractivity contribution in [3.8, 4) is 10.7 Å². The molecule has 0 spiro atoms. The molecule has 7 heteroatoms. The molecule has 0 bridgehead atoms. The Morgan fingerprint density at radius 3 is 2.73 bits per heavy atom. The number of aromatic nitrogens is 2. The summed E-state index contributed by atoms with van der Waals surface area (Å²) in [5, 5.41) is 1.08. The van der Waals surface area contributed by atoms with Crippen molar-refractivity contribution < 1.29 is 9.53 Å². The van der Waals surface area contributed by atoms with Crippen LogP contribution in [0.2, 0.25) is 25.7 Å². The first-order chi connectivity index (χ1) is 12.3. The van der Waals surface area contributed by atoms with Crippen LogP contribution in [-0.2, 0) is 4.74 Å². The third-order valence-electron chi connectivity index (χ3n) is 3.83. The predicted molar refractivity (Wildman–Crippen MR) is 108 cm³/mol. The van der Waals surface area contributed by atoms with Gasteiger partial charge in [-0.05, 0) is 30.3 Å². The number of carbonyl (C=O) groups excluding carboxylic acids is 1. The van der Waals surface area contributed by atoms with E-state index in [2.05, 4.69) is 29.6 Å². The van der Waals surface area contributed by atoms with Gasteiger partial charge < -0.3 is 4.74 Å². The Morgan fingerprint density at radius 2 is 1.96 bits per heavy atom. The molecule has 5 nitrogen and oxygen atoms in total. The van der Waals surface area contributed by atoms with Gasteiger partial charge in [-0.25, -0.2) is 4.79 Å². The molecule has 0 aliphatic carbocycles. The lowest BCUT2D eigenvalue weighted by molar-refractivity contribution is 0.0525. The lowest BCUT2D eigenvalue weighted by Crippen LogP contribution is -2.22. The molecule has 0 atom stereocenters. The second-order valence-corrected chi connectivity index (χ2v) is 13.8. The molecule has 0 N–H and O–H groups in total. The predicted octanol–water partition coefficient (Wildman–Crippen LogP) is 4.21. The summed E-state index contributed by atoms with van der Waals surface area (Å²) in [5.41, 5.74) is 0.622. The number of hydrogen-bond acceptors (Lipinski definition) is 6. The summed E-state index contributed by atoms with van der Waals surface area (Å²) in [6.07, 6.45) is 1.54. The number of ether oxygens (including phenoxy) is 1. The number of carbonyl (C=O) groups is 1. The quantitative estimate of drug-likeness (QED) is 0.487. The average molecular weight is 385 g/mol. The number of nitrogens with zero attached hydrogens (tertiary/aromatic N) is 2. The molecule has 0 radical (unpaired) electrons. The van der Waals surface area contributed by atoms with E-state index in [1.165, 1.54) is 11.3 Å². The van der Waals surface area contributed by atoms with Crippen molar-refractivity contribution in [1.29, 1.82) is 0 Å². The highest BCUT2D eigenvalue weighted by Gasteiger charge is 2.16. The molecular formula is C19H20N2O3SSi. The summed E-state index contributed by atoms with van der Waals surface area (Å²) in [6, 6.07) is 11.5. The summed E-state index contributed by atoms with van der Waals surface area (Å²) >= 11 is 1.38. The zero-order chi connectivity index (χ0) is 18.7. The molecule has 26 heavy (non-hydrogen) atoms. The van der Waals surface area contributed by atoms with Crippen molar-refractivity contribution in [2.45, 2.75) is 25.7 Å². The van der Waals surface area contributed by atoms with Crippen LogP contribution in [0.25, 0.3) is 20.8 Å². The van der Waals surface area contributed by atoms with Gasteiger partial charge in [0.2, 0.25) is 0 Å². The molecule has 3 aromatic rings. The number of hydrogen-bond donors (Lipinski definition) is 0. The first-order valence-corrected chi connectivity index (χ1v) is 12.9. The minimum atomic E-state index is -1.25. The van der Waals surface area contributed by atoms with Crippen LogP contribution in [-0.4, -0.2) is 30.6 Å². The maximum absolute atomic E-state index is 12.3. The van der Waals surface area contributed by atoms with E-state index in [0.29, 0.717) is 28.3 Å². The molecular weight excluding hydrogens is 364 g/mol. The molecule has 0 aliphatic rings. The van der Waals surface area contributed by atoms with Crippen molar-refractivity contribution in [3.63, 3.8) is 0 Å². The highest BCUT2D eigenvalue weighted by atomic mass is 32.1. The Hall–Kier alpha value is -2.38. The minimum absolute atomic E-state index is 0.292. The van der Waals surface area contributed by atoms with Gasteiger partial charge in [-0.2, -0.15) is 4.98 Å². The summed E-state index contributed by atoms with van der Waals surface area (Å²) in [7, 11) is -1.25. The second-order valence-electron chi connectivity index (χ2n) is 7.20. The molecule has 0 fully saturated rings. The van der Waals surface area contributed by atoms with E-state index >= 15 is 0 Å². The summed E-state index contributed by atoms with van der Waals surface area (Å²) in [6.45, 7) is 7.13. The normalized spacial score (nSPS) is 11.5. The average Bonchev–Trinajstić information content (AvgIpc) is 2.60. The van der Waals surface area contributed by atoms with E-state index in [1.54, 1.807) is 24.4 Å². The van der Waals surface area contributed by atoms with Crippen molar-refractivity contribution in [2.24, 2.45) is 0 Å². The van der Waals surface area contributed by atoms with Gasteiger partial charge in [0.1, 0.15) is 5.01 Å². The number of rotatable bonds is 5. The maximum atomic E-state index is 12.3. The second kappa shape index (κ2) is 7.47. The molecule has 0 saturated heterocycles. The Bertz CT molecular complexity index is 1010. The topological polar surface area (TPSA) is 69.2 Å². The van der Waals surface area contributed by atoms with Crippen LogP contribution < -0.4 is 5.56 Å². The highest BCUT2D eigenvalue weighted by Crippen LogP contribution is 2.25. The van der Waals surface area contributed by atoms with Gasteiger partial charge in [-0.15, -0.1) is 11.3 Å². The molecule has 0 saturated carbocycles. The van der Waals surface area contributed by atoms with E-state index in [1.807, 2.05) is 18.2 Å². The van der Waals surface area contributed by atoms with Crippen LogP contribution in [0, 0.1) is 0 Å². The number of fused-ring (bicyclic) bond motifs is 1. The minimum Gasteiger partial charge on any atom is -0.462 e. The third kappa shape index (κ3) is 4.42. The fourth-order valence-electron chi connectivity index (χ4n) is 2.33. The SMILES string of the molecule is C[Si](C)(C)CCOC(=O)c1ccnc(-c2nc(=O)c3ccccc3s2)c1. The number of benzene rings is 1. The lowest BCUT2D eigenvalue weighted by atomic mass is 10.2. The Labute approximate surface area is 156 Å². The fraction of sp³-hybridized carbons (Fsp3) is 0.263. The molecule has 2 heterocycles. The summed E-state index contributed by atoms with van der Waals surface area (Å²) in [5.74, 6) is -0.375. The van der Waals surface area contributed by atoms with Gasteiger partial charge >= 0.3 is 5.97 Å². The van der Waals surface area contributed by atoms with Gasteiger partial charge in [0, 0.05) is 19.0 Å². The van der Waals surface area contributed by atoms with Gasteiger partial charge in [0.15, 0.2) is 0 Å². The Kier molecular flexibility index (Phi) is 5.29. The highest BCUT2D eigenvalue weighted by molar-refractivity contribution is 7.21. The van der Waals surface area contributed by atoms with Crippen LogP contribution >= 0.6 is 11.3 Å². The van der Waals surface area contributed by atoms with E-state index < -0.39 is 8.07 Å². The molecule has 3 rings (SSSR count). The fourth-order valence-corrected chi connectivity index (χ4v) is 4.01. The standard InChI is InChI=1S/C19H20N2O3SSi/c1-26(2,3)11-10-24-19(23)13-8-9-20-15(12-13)18-21-17(22)14-6-4-5-7-16(14)25-18/h4-9,12H,10-11H2,1-3H3. The Morgan fingerprint density at radius 1 is 1.19 bits per heavy atom. The van der Waals surface area contributed by atoms with Crippen LogP contribution in [0.15, 0.2) is 47.4 Å². The summed E-state index contributed by atoms with van der Waals surface area (Å²) in [4.78, 5) is 32.9. The molecule has 0 amide bonds. The summed E-state index contributed by atoms with van der Waals surface area (Å²) < 4.78 is 6.22. The molecule has 0 aliphatic heterocycles. The smallest absolute Gasteiger partial charge is 0.338 e. The van der Waals surface area contributed by atoms with Crippen LogP contribution in [0.3, 0.4) is 0 Å². The van der Waals surface area contributed by atoms with Crippen molar-refractivity contribution in [3.05, 3.63) is 58.5 Å². The molecule has 2 aromatic heterocycles. The zero-order valence-corrected chi connectivity index (χ0v) is 16.8. The van der Waals surface area contributed by atoms with Crippen LogP contribution in [0.4, 0.5) is 0 Å². The number of pyridine rings is 1. The first-order valence-electron chi connectivity index (χ1n) is 8.37. The van der Waals surface area contributed by atoms with E-state index in [0.717, 1.165) is 10.7 Å². The van der Waals surface area contributed by atoms with Gasteiger partial charge in [-0.1, -0.05) is 31.8 Å². The van der Waals surface area contributed by atoms with Gasteiger partial charge in [0.05, 0.1) is 23.3 Å². The maximum Gasteiger partial charge on any atom is 0.338 e. The number of esters is 1. The van der Waals surface area contributed by atoms with E-state index in [-0.39, 0.29) is 11.5 Å². The van der Waals surface area contributed by atoms with E-state index in [9.17, 15) is 9.59 Å². The third-order valence-corrected chi connectivity index (χ3v) is 6.60.